The van der Waals surface area contributed by atoms with Crippen molar-refractivity contribution < 1.29 is 9.18 Å². The van der Waals surface area contributed by atoms with Gasteiger partial charge in [0.05, 0.1) is 0 Å². The van der Waals surface area contributed by atoms with Crippen molar-refractivity contribution in [3.8, 4) is 0 Å². The molecular formula is C17H21ClFN3OS. The fraction of sp³-hybridized carbons (Fsp3) is 0.412. The molecule has 1 aromatic carbocycles. The van der Waals surface area contributed by atoms with Crippen molar-refractivity contribution in [3.05, 3.63) is 46.7 Å². The molecule has 2 atom stereocenters. The minimum absolute atomic E-state index is 0. The van der Waals surface area contributed by atoms with Gasteiger partial charge in [0.15, 0.2) is 5.13 Å². The third kappa shape index (κ3) is 5.00. The van der Waals surface area contributed by atoms with Crippen LogP contribution in [0, 0.1) is 11.7 Å². The van der Waals surface area contributed by atoms with Gasteiger partial charge in [0.25, 0.3) is 0 Å². The molecule has 0 aliphatic carbocycles. The van der Waals surface area contributed by atoms with E-state index in [0.29, 0.717) is 17.6 Å². The zero-order chi connectivity index (χ0) is 16.2. The van der Waals surface area contributed by atoms with Crippen molar-refractivity contribution in [3.63, 3.8) is 0 Å². The van der Waals surface area contributed by atoms with Crippen molar-refractivity contribution >= 4 is 34.8 Å². The average Bonchev–Trinajstić information content (AvgIpc) is 2.94. The third-order valence-corrected chi connectivity index (χ3v) is 4.96. The van der Waals surface area contributed by atoms with Crippen molar-refractivity contribution in [2.24, 2.45) is 5.92 Å². The van der Waals surface area contributed by atoms with E-state index in [-0.39, 0.29) is 30.0 Å². The van der Waals surface area contributed by atoms with Gasteiger partial charge in [-0.1, -0.05) is 12.1 Å². The highest BCUT2D eigenvalue weighted by Crippen LogP contribution is 2.24. The first-order valence-electron chi connectivity index (χ1n) is 7.83. The summed E-state index contributed by atoms with van der Waals surface area (Å²) in [7, 11) is 0. The second kappa shape index (κ2) is 8.55. The number of piperidine rings is 1. The fourth-order valence-corrected chi connectivity index (χ4v) is 3.72. The number of amides is 1. The largest absolute Gasteiger partial charge is 0.314 e. The van der Waals surface area contributed by atoms with Gasteiger partial charge >= 0.3 is 0 Å². The van der Waals surface area contributed by atoms with E-state index in [1.54, 1.807) is 12.3 Å². The molecule has 2 N–H and O–H groups in total. The van der Waals surface area contributed by atoms with E-state index in [0.717, 1.165) is 29.8 Å². The predicted octanol–water partition coefficient (Wildman–Crippen LogP) is 3.62. The number of carbonyl (C=O) groups excluding carboxylic acids is 1. The van der Waals surface area contributed by atoms with Crippen LogP contribution in [0.15, 0.2) is 30.5 Å². The molecule has 2 aromatic rings. The predicted molar refractivity (Wildman–Crippen MR) is 97.4 cm³/mol. The number of aromatic nitrogens is 1. The SMILES string of the molecule is C[C@H]1C[C@@H](C(=O)Nc2ncc(Cc3cccc(F)c3)s2)CCN1.Cl. The maximum atomic E-state index is 13.2. The monoisotopic (exact) mass is 369 g/mol. The lowest BCUT2D eigenvalue weighted by atomic mass is 9.93. The first kappa shape index (κ1) is 18.8. The van der Waals surface area contributed by atoms with Gasteiger partial charge < -0.3 is 10.6 Å². The molecule has 0 unspecified atom stereocenters. The molecular weight excluding hydrogens is 349 g/mol. The van der Waals surface area contributed by atoms with Gasteiger partial charge in [0.2, 0.25) is 5.91 Å². The summed E-state index contributed by atoms with van der Waals surface area (Å²) >= 11 is 1.45. The third-order valence-electron chi connectivity index (χ3n) is 4.05. The molecule has 1 amide bonds. The van der Waals surface area contributed by atoms with Gasteiger partial charge in [-0.05, 0) is 44.0 Å². The second-order valence-electron chi connectivity index (χ2n) is 6.00. The van der Waals surface area contributed by atoms with Crippen LogP contribution in [0.1, 0.15) is 30.2 Å². The van der Waals surface area contributed by atoms with E-state index < -0.39 is 0 Å². The normalized spacial score (nSPS) is 20.2. The molecule has 0 spiro atoms. The Morgan fingerprint density at radius 1 is 1.50 bits per heavy atom. The molecule has 3 rings (SSSR count). The number of benzene rings is 1. The maximum absolute atomic E-state index is 13.2. The zero-order valence-corrected chi connectivity index (χ0v) is 15.1. The first-order valence-corrected chi connectivity index (χ1v) is 8.65. The Bertz CT molecular complexity index is 694. The summed E-state index contributed by atoms with van der Waals surface area (Å²) in [5.74, 6) is -0.146. The molecule has 7 heteroatoms. The van der Waals surface area contributed by atoms with Crippen LogP contribution in [0.25, 0.3) is 0 Å². The first-order chi connectivity index (χ1) is 11.1. The molecule has 1 saturated heterocycles. The second-order valence-corrected chi connectivity index (χ2v) is 7.12. The lowest BCUT2D eigenvalue weighted by Gasteiger charge is -2.26. The Morgan fingerprint density at radius 3 is 3.08 bits per heavy atom. The number of hydrogen-bond acceptors (Lipinski definition) is 4. The molecule has 1 fully saturated rings. The van der Waals surface area contributed by atoms with Crippen LogP contribution in [0.5, 0.6) is 0 Å². The van der Waals surface area contributed by atoms with Crippen LogP contribution in [0.4, 0.5) is 9.52 Å². The summed E-state index contributed by atoms with van der Waals surface area (Å²) in [5, 5.41) is 6.88. The highest BCUT2D eigenvalue weighted by molar-refractivity contribution is 7.15. The summed E-state index contributed by atoms with van der Waals surface area (Å²) in [6.07, 6.45) is 4.08. The molecule has 1 aliphatic heterocycles. The number of nitrogens with zero attached hydrogens (tertiary/aromatic N) is 1. The highest BCUT2D eigenvalue weighted by Gasteiger charge is 2.25. The number of thiazole rings is 1. The van der Waals surface area contributed by atoms with Gasteiger partial charge in [0, 0.05) is 29.5 Å². The van der Waals surface area contributed by atoms with E-state index in [2.05, 4.69) is 22.5 Å². The minimum Gasteiger partial charge on any atom is -0.314 e. The summed E-state index contributed by atoms with van der Waals surface area (Å²) in [6, 6.07) is 6.92. The van der Waals surface area contributed by atoms with E-state index in [4.69, 9.17) is 0 Å². The summed E-state index contributed by atoms with van der Waals surface area (Å²) in [4.78, 5) is 17.6. The van der Waals surface area contributed by atoms with Crippen LogP contribution >= 0.6 is 23.7 Å². The molecule has 2 heterocycles. The number of anilines is 1. The fourth-order valence-electron chi connectivity index (χ4n) is 2.87. The molecule has 0 bridgehead atoms. The molecule has 1 aromatic heterocycles. The Morgan fingerprint density at radius 2 is 2.33 bits per heavy atom. The summed E-state index contributed by atoms with van der Waals surface area (Å²) in [6.45, 7) is 2.97. The van der Waals surface area contributed by atoms with Crippen molar-refractivity contribution in [2.45, 2.75) is 32.2 Å². The Kier molecular flexibility index (Phi) is 6.71. The van der Waals surface area contributed by atoms with E-state index in [9.17, 15) is 9.18 Å². The average molecular weight is 370 g/mol. The summed E-state index contributed by atoms with van der Waals surface area (Å²) < 4.78 is 13.2. The van der Waals surface area contributed by atoms with Crippen LogP contribution < -0.4 is 10.6 Å². The van der Waals surface area contributed by atoms with Crippen molar-refractivity contribution in [2.75, 3.05) is 11.9 Å². The lowest BCUT2D eigenvalue weighted by Crippen LogP contribution is -2.40. The number of nitrogens with one attached hydrogen (secondary N) is 2. The topological polar surface area (TPSA) is 54.0 Å². The van der Waals surface area contributed by atoms with Crippen LogP contribution in [-0.4, -0.2) is 23.5 Å². The van der Waals surface area contributed by atoms with Gasteiger partial charge in [-0.3, -0.25) is 4.79 Å². The van der Waals surface area contributed by atoms with E-state index in [1.165, 1.54) is 23.5 Å². The van der Waals surface area contributed by atoms with Gasteiger partial charge in [-0.2, -0.15) is 0 Å². The lowest BCUT2D eigenvalue weighted by molar-refractivity contribution is -0.120. The van der Waals surface area contributed by atoms with Crippen LogP contribution in [0.3, 0.4) is 0 Å². The Labute approximate surface area is 151 Å². The smallest absolute Gasteiger partial charge is 0.229 e. The zero-order valence-electron chi connectivity index (χ0n) is 13.4. The standard InChI is InChI=1S/C17H20FN3OS.ClH/c1-11-7-13(5-6-19-11)16(22)21-17-20-10-15(23-17)9-12-3-2-4-14(18)8-12;/h2-4,8,10-11,13,19H,5-7,9H2,1H3,(H,20,21,22);1H/t11-,13-;/m0./s1. The number of carbonyl (C=O) groups is 1. The molecule has 24 heavy (non-hydrogen) atoms. The van der Waals surface area contributed by atoms with E-state index in [1.807, 2.05) is 6.07 Å². The van der Waals surface area contributed by atoms with Gasteiger partial charge in [-0.15, -0.1) is 23.7 Å². The van der Waals surface area contributed by atoms with Crippen LogP contribution in [-0.2, 0) is 11.2 Å². The molecule has 0 saturated carbocycles. The Hall–Kier alpha value is -1.50. The number of rotatable bonds is 4. The van der Waals surface area contributed by atoms with Crippen molar-refractivity contribution in [1.82, 2.24) is 10.3 Å². The van der Waals surface area contributed by atoms with Gasteiger partial charge in [-0.25, -0.2) is 9.37 Å². The minimum atomic E-state index is -0.236. The molecule has 0 radical (unpaired) electrons. The van der Waals surface area contributed by atoms with Gasteiger partial charge in [0.1, 0.15) is 5.82 Å². The quantitative estimate of drug-likeness (QED) is 0.865. The molecule has 4 nitrogen and oxygen atoms in total. The number of halogens is 2. The molecule has 1 aliphatic rings. The van der Waals surface area contributed by atoms with Crippen molar-refractivity contribution in [1.29, 1.82) is 0 Å². The Balaban J connectivity index is 0.00000208. The summed E-state index contributed by atoms with van der Waals surface area (Å²) in [5.41, 5.74) is 0.902. The highest BCUT2D eigenvalue weighted by atomic mass is 35.5. The van der Waals surface area contributed by atoms with Crippen LogP contribution in [0.2, 0.25) is 0 Å². The number of hydrogen-bond donors (Lipinski definition) is 2. The molecule has 130 valence electrons. The maximum Gasteiger partial charge on any atom is 0.229 e. The van der Waals surface area contributed by atoms with E-state index >= 15 is 0 Å².